The van der Waals surface area contributed by atoms with Gasteiger partial charge in [0, 0.05) is 32.3 Å². The molecule has 0 saturated carbocycles. The van der Waals surface area contributed by atoms with Gasteiger partial charge in [-0.05, 0) is 97.4 Å². The zero-order valence-corrected chi connectivity index (χ0v) is 28.4. The summed E-state index contributed by atoms with van der Waals surface area (Å²) in [6.45, 7) is 2.17. The van der Waals surface area contributed by atoms with Crippen LogP contribution in [0.1, 0.15) is 12.7 Å². The average molecular weight is 657 g/mol. The lowest BCUT2D eigenvalue weighted by Crippen LogP contribution is -1.99. The molecule has 0 fully saturated rings. The Balaban J connectivity index is 1.08. The van der Waals surface area contributed by atoms with Gasteiger partial charge in [-0.15, -0.1) is 11.3 Å². The van der Waals surface area contributed by atoms with Crippen LogP contribution in [0.4, 0.5) is 0 Å². The van der Waals surface area contributed by atoms with E-state index < -0.39 is 0 Å². The molecule has 10 aromatic rings. The molecule has 2 nitrogen and oxygen atoms in total. The molecule has 0 bridgehead atoms. The van der Waals surface area contributed by atoms with Gasteiger partial charge in [0.05, 0.1) is 11.0 Å². The Kier molecular flexibility index (Phi) is 6.68. The normalized spacial score (nSPS) is 11.8. The van der Waals surface area contributed by atoms with Gasteiger partial charge >= 0.3 is 0 Å². The Morgan fingerprint density at radius 3 is 1.62 bits per heavy atom. The van der Waals surface area contributed by atoms with Crippen LogP contribution in [0.15, 0.2) is 164 Å². The van der Waals surface area contributed by atoms with Crippen LogP contribution >= 0.6 is 11.3 Å². The van der Waals surface area contributed by atoms with Crippen LogP contribution in [0.25, 0.3) is 91.8 Å². The van der Waals surface area contributed by atoms with Crippen molar-refractivity contribution in [1.29, 1.82) is 0 Å². The number of hydrogen-bond acceptors (Lipinski definition) is 2. The van der Waals surface area contributed by atoms with Crippen molar-refractivity contribution in [2.75, 3.05) is 0 Å². The van der Waals surface area contributed by atoms with Crippen LogP contribution in [0.2, 0.25) is 0 Å². The highest BCUT2D eigenvalue weighted by atomic mass is 32.1. The first-order chi connectivity index (χ1) is 24.7. The molecule has 0 aliphatic carbocycles. The predicted molar refractivity (Wildman–Crippen MR) is 215 cm³/mol. The number of aryl methyl sites for hydroxylation is 1. The van der Waals surface area contributed by atoms with Gasteiger partial charge < -0.3 is 0 Å². The summed E-state index contributed by atoms with van der Waals surface area (Å²) >= 11 is 1.87. The van der Waals surface area contributed by atoms with Crippen LogP contribution in [-0.2, 0) is 6.42 Å². The summed E-state index contributed by atoms with van der Waals surface area (Å²) in [6.07, 6.45) is 0.878. The van der Waals surface area contributed by atoms with Crippen LogP contribution < -0.4 is 0 Å². The molecule has 0 N–H and O–H groups in total. The molecule has 50 heavy (non-hydrogen) atoms. The van der Waals surface area contributed by atoms with E-state index in [1.165, 1.54) is 75.1 Å². The summed E-state index contributed by atoms with van der Waals surface area (Å²) in [5, 5.41) is 7.75. The minimum atomic E-state index is 0.878. The third kappa shape index (κ3) is 4.51. The number of imidazole rings is 1. The van der Waals surface area contributed by atoms with E-state index in [1.807, 2.05) is 11.3 Å². The van der Waals surface area contributed by atoms with Crippen molar-refractivity contribution in [1.82, 2.24) is 9.55 Å². The second-order valence-electron chi connectivity index (χ2n) is 13.0. The predicted octanol–water partition coefficient (Wildman–Crippen LogP) is 13.3. The lowest BCUT2D eigenvalue weighted by molar-refractivity contribution is 0.908. The van der Waals surface area contributed by atoms with Crippen molar-refractivity contribution < 1.29 is 0 Å². The van der Waals surface area contributed by atoms with E-state index in [0.717, 1.165) is 29.0 Å². The van der Waals surface area contributed by atoms with Gasteiger partial charge in [0.15, 0.2) is 0 Å². The van der Waals surface area contributed by atoms with E-state index in [1.54, 1.807) is 0 Å². The minimum absolute atomic E-state index is 0.878. The molecule has 2 heterocycles. The van der Waals surface area contributed by atoms with Gasteiger partial charge in [-0.3, -0.25) is 4.57 Å². The maximum atomic E-state index is 4.88. The minimum Gasteiger partial charge on any atom is -0.296 e. The summed E-state index contributed by atoms with van der Waals surface area (Å²) < 4.78 is 4.94. The lowest BCUT2D eigenvalue weighted by Gasteiger charge is -2.18. The highest BCUT2D eigenvalue weighted by Crippen LogP contribution is 2.45. The Morgan fingerprint density at radius 1 is 0.460 bits per heavy atom. The van der Waals surface area contributed by atoms with Crippen LogP contribution in [0, 0.1) is 0 Å². The van der Waals surface area contributed by atoms with Crippen molar-refractivity contribution in [3.8, 4) is 39.1 Å². The molecular formula is C47H32N2S. The third-order valence-corrected chi connectivity index (χ3v) is 11.3. The number of rotatable bonds is 5. The first kappa shape index (κ1) is 28.9. The van der Waals surface area contributed by atoms with Gasteiger partial charge in [-0.2, -0.15) is 0 Å². The molecule has 8 aromatic carbocycles. The van der Waals surface area contributed by atoms with E-state index in [0.29, 0.717) is 0 Å². The quantitative estimate of drug-likeness (QED) is 0.169. The van der Waals surface area contributed by atoms with Crippen molar-refractivity contribution >= 4 is 64.1 Å². The summed E-state index contributed by atoms with van der Waals surface area (Å²) in [5.74, 6) is 1.08. The fourth-order valence-corrected chi connectivity index (χ4v) is 8.95. The van der Waals surface area contributed by atoms with Crippen LogP contribution in [0.5, 0.6) is 0 Å². The molecular weight excluding hydrogens is 625 g/mol. The first-order valence-corrected chi connectivity index (χ1v) is 18.1. The van der Waals surface area contributed by atoms with Gasteiger partial charge in [0.25, 0.3) is 0 Å². The van der Waals surface area contributed by atoms with E-state index in [9.17, 15) is 0 Å². The molecule has 0 aliphatic rings. The van der Waals surface area contributed by atoms with Crippen LogP contribution in [-0.4, -0.2) is 9.55 Å². The summed E-state index contributed by atoms with van der Waals surface area (Å²) in [6, 6.07) is 60.0. The molecule has 236 valence electrons. The monoisotopic (exact) mass is 656 g/mol. The van der Waals surface area contributed by atoms with Gasteiger partial charge in [-0.1, -0.05) is 128 Å². The zero-order chi connectivity index (χ0) is 33.2. The molecule has 10 rings (SSSR count). The number of fused-ring (bicyclic) bond motifs is 6. The fraction of sp³-hybridized carbons (Fsp3) is 0.0426. The zero-order valence-electron chi connectivity index (χ0n) is 27.6. The van der Waals surface area contributed by atoms with E-state index in [4.69, 9.17) is 4.98 Å². The standard InChI is InChI=1S/C47H32N2S/c1-2-45-48-41-16-8-9-17-42(41)49(45)34-26-23-31(24-27-34)30-19-21-32(22-20-30)46-36-12-3-5-14-38(36)47(39-15-6-4-13-37(39)46)33-25-28-44-40(29-33)35-11-7-10-18-43(35)50-44/h3-29H,2H2,1H3. The maximum absolute atomic E-state index is 4.88. The topological polar surface area (TPSA) is 17.8 Å². The van der Waals surface area contributed by atoms with Gasteiger partial charge in [0.2, 0.25) is 0 Å². The van der Waals surface area contributed by atoms with Crippen molar-refractivity contribution in [2.45, 2.75) is 13.3 Å². The van der Waals surface area contributed by atoms with E-state index in [-0.39, 0.29) is 0 Å². The number of aromatic nitrogens is 2. The lowest BCUT2D eigenvalue weighted by atomic mass is 9.85. The van der Waals surface area contributed by atoms with Gasteiger partial charge in [0.1, 0.15) is 5.82 Å². The molecule has 0 aliphatic heterocycles. The van der Waals surface area contributed by atoms with Crippen molar-refractivity contribution in [3.63, 3.8) is 0 Å². The Morgan fingerprint density at radius 2 is 0.960 bits per heavy atom. The smallest absolute Gasteiger partial charge is 0.114 e. The average Bonchev–Trinajstić information content (AvgIpc) is 3.75. The first-order valence-electron chi connectivity index (χ1n) is 17.3. The molecule has 0 amide bonds. The number of para-hydroxylation sites is 2. The molecule has 0 radical (unpaired) electrons. The third-order valence-electron chi connectivity index (χ3n) is 10.2. The number of thiophene rings is 1. The SMILES string of the molecule is CCc1nc2ccccc2n1-c1ccc(-c2ccc(-c3c4ccccc4c(-c4ccc5sc6ccccc6c5c4)c4ccccc34)cc2)cc1. The summed E-state index contributed by atoms with van der Waals surface area (Å²) in [7, 11) is 0. The second-order valence-corrected chi connectivity index (χ2v) is 14.1. The highest BCUT2D eigenvalue weighted by molar-refractivity contribution is 7.25. The second kappa shape index (κ2) is 11.5. The Labute approximate surface area is 294 Å². The molecule has 0 spiro atoms. The fourth-order valence-electron chi connectivity index (χ4n) is 7.87. The summed E-state index contributed by atoms with van der Waals surface area (Å²) in [5.41, 5.74) is 10.8. The molecule has 0 saturated heterocycles. The molecule has 0 unspecified atom stereocenters. The summed E-state index contributed by atoms with van der Waals surface area (Å²) in [4.78, 5) is 4.88. The van der Waals surface area contributed by atoms with E-state index >= 15 is 0 Å². The molecule has 3 heteroatoms. The Bertz CT molecular complexity index is 2830. The molecule has 2 aromatic heterocycles. The number of hydrogen-bond donors (Lipinski definition) is 0. The van der Waals surface area contributed by atoms with Crippen LogP contribution in [0.3, 0.4) is 0 Å². The van der Waals surface area contributed by atoms with Crippen molar-refractivity contribution in [3.05, 3.63) is 170 Å². The number of benzene rings is 8. The highest BCUT2D eigenvalue weighted by Gasteiger charge is 2.18. The van der Waals surface area contributed by atoms with Gasteiger partial charge in [-0.25, -0.2) is 4.98 Å². The van der Waals surface area contributed by atoms with Crippen molar-refractivity contribution in [2.24, 2.45) is 0 Å². The van der Waals surface area contributed by atoms with E-state index in [2.05, 4.69) is 175 Å². The maximum Gasteiger partial charge on any atom is 0.114 e. The Hall–Kier alpha value is -6.03. The molecule has 0 atom stereocenters. The number of nitrogens with zero attached hydrogens (tertiary/aromatic N) is 2. The largest absolute Gasteiger partial charge is 0.296 e.